The Labute approximate surface area is 141 Å². The van der Waals surface area contributed by atoms with Crippen molar-refractivity contribution in [3.05, 3.63) is 41.5 Å². The van der Waals surface area contributed by atoms with Crippen molar-refractivity contribution >= 4 is 17.6 Å². The molecule has 2 aliphatic heterocycles. The highest BCUT2D eigenvalue weighted by Crippen LogP contribution is 2.31. The fraction of sp³-hybridized carbons (Fsp3) is 0.412. The molecule has 126 valence electrons. The quantitative estimate of drug-likeness (QED) is 0.880. The van der Waals surface area contributed by atoms with Crippen LogP contribution in [0.5, 0.6) is 0 Å². The summed E-state index contributed by atoms with van der Waals surface area (Å²) in [7, 11) is 1.99. The van der Waals surface area contributed by atoms with Gasteiger partial charge in [-0.1, -0.05) is 30.3 Å². The second-order valence-electron chi connectivity index (χ2n) is 6.01. The molecule has 0 atom stereocenters. The van der Waals surface area contributed by atoms with Gasteiger partial charge in [-0.15, -0.1) is 0 Å². The van der Waals surface area contributed by atoms with Crippen molar-refractivity contribution in [2.45, 2.75) is 13.1 Å². The number of anilines is 3. The van der Waals surface area contributed by atoms with Crippen LogP contribution in [0.15, 0.2) is 30.3 Å². The van der Waals surface area contributed by atoms with Crippen LogP contribution in [0.1, 0.15) is 11.1 Å². The molecule has 0 unspecified atom stereocenters. The van der Waals surface area contributed by atoms with Crippen LogP contribution < -0.4 is 20.7 Å². The number of ether oxygens (including phenoxy) is 1. The normalized spacial score (nSPS) is 17.0. The first-order valence-corrected chi connectivity index (χ1v) is 8.30. The van der Waals surface area contributed by atoms with Gasteiger partial charge in [-0.25, -0.2) is 5.43 Å². The van der Waals surface area contributed by atoms with E-state index in [2.05, 4.69) is 32.8 Å². The molecule has 0 saturated carbocycles. The minimum Gasteiger partial charge on any atom is -0.378 e. The van der Waals surface area contributed by atoms with Gasteiger partial charge in [0.1, 0.15) is 5.82 Å². The number of benzene rings is 1. The van der Waals surface area contributed by atoms with E-state index in [9.17, 15) is 0 Å². The topological polar surface area (TPSA) is 65.5 Å². The Balaban J connectivity index is 1.61. The van der Waals surface area contributed by atoms with Crippen molar-refractivity contribution in [2.24, 2.45) is 0 Å². The highest BCUT2D eigenvalue weighted by molar-refractivity contribution is 5.65. The Kier molecular flexibility index (Phi) is 4.18. The van der Waals surface area contributed by atoms with Crippen molar-refractivity contribution in [2.75, 3.05) is 48.6 Å². The van der Waals surface area contributed by atoms with Crippen LogP contribution in [0, 0.1) is 0 Å². The minimum atomic E-state index is 0.662. The summed E-state index contributed by atoms with van der Waals surface area (Å²) < 4.78 is 5.47. The van der Waals surface area contributed by atoms with E-state index < -0.39 is 0 Å². The van der Waals surface area contributed by atoms with E-state index in [4.69, 9.17) is 9.72 Å². The fourth-order valence-electron chi connectivity index (χ4n) is 3.06. The van der Waals surface area contributed by atoms with E-state index in [1.165, 1.54) is 5.56 Å². The molecule has 0 aliphatic carbocycles. The van der Waals surface area contributed by atoms with Gasteiger partial charge in [-0.3, -0.25) is 5.01 Å². The summed E-state index contributed by atoms with van der Waals surface area (Å²) in [5.41, 5.74) is 5.68. The van der Waals surface area contributed by atoms with Gasteiger partial charge >= 0.3 is 0 Å². The van der Waals surface area contributed by atoms with E-state index in [-0.39, 0.29) is 0 Å². The molecule has 2 aromatic rings. The first-order chi connectivity index (χ1) is 11.8. The lowest BCUT2D eigenvalue weighted by molar-refractivity contribution is 0.122. The molecular formula is C17H22N6O. The summed E-state index contributed by atoms with van der Waals surface area (Å²) in [4.78, 5) is 11.8. The largest absolute Gasteiger partial charge is 0.378 e. The van der Waals surface area contributed by atoms with Crippen molar-refractivity contribution in [3.8, 4) is 0 Å². The van der Waals surface area contributed by atoms with Crippen molar-refractivity contribution in [1.82, 2.24) is 15.4 Å². The lowest BCUT2D eigenvalue weighted by atomic mass is 10.2. The van der Waals surface area contributed by atoms with Crippen LogP contribution in [-0.4, -0.2) is 43.3 Å². The Bertz CT molecular complexity index is 702. The highest BCUT2D eigenvalue weighted by atomic mass is 16.5. The Morgan fingerprint density at radius 3 is 2.67 bits per heavy atom. The number of morpholine rings is 1. The molecule has 0 amide bonds. The predicted octanol–water partition coefficient (Wildman–Crippen LogP) is 1.38. The average Bonchev–Trinajstić information content (AvgIpc) is 3.02. The molecule has 4 rings (SSSR count). The van der Waals surface area contributed by atoms with Gasteiger partial charge in [0.05, 0.1) is 18.8 Å². The number of hydrazine groups is 1. The molecule has 0 bridgehead atoms. The second-order valence-corrected chi connectivity index (χ2v) is 6.01. The van der Waals surface area contributed by atoms with E-state index in [1.807, 2.05) is 30.3 Å². The Morgan fingerprint density at radius 2 is 1.88 bits per heavy atom. The van der Waals surface area contributed by atoms with Crippen LogP contribution in [0.4, 0.5) is 17.6 Å². The van der Waals surface area contributed by atoms with Crippen molar-refractivity contribution < 1.29 is 4.74 Å². The number of rotatable bonds is 4. The molecule has 7 heteroatoms. The van der Waals surface area contributed by atoms with Gasteiger partial charge in [0.25, 0.3) is 0 Å². The van der Waals surface area contributed by atoms with Gasteiger partial charge in [-0.2, -0.15) is 9.97 Å². The summed E-state index contributed by atoms with van der Waals surface area (Å²) in [6.07, 6.45) is 0. The summed E-state index contributed by atoms with van der Waals surface area (Å²) in [6, 6.07) is 10.3. The molecule has 0 spiro atoms. The lowest BCUT2D eigenvalue weighted by Crippen LogP contribution is -2.37. The monoisotopic (exact) mass is 326 g/mol. The van der Waals surface area contributed by atoms with Crippen molar-refractivity contribution in [3.63, 3.8) is 0 Å². The molecule has 1 saturated heterocycles. The highest BCUT2D eigenvalue weighted by Gasteiger charge is 2.26. The summed E-state index contributed by atoms with van der Waals surface area (Å²) in [5, 5.41) is 5.32. The predicted molar refractivity (Wildman–Crippen MR) is 94.1 cm³/mol. The van der Waals surface area contributed by atoms with Gasteiger partial charge in [0.2, 0.25) is 5.95 Å². The van der Waals surface area contributed by atoms with E-state index in [0.29, 0.717) is 12.5 Å². The zero-order valence-electron chi connectivity index (χ0n) is 13.8. The molecule has 1 aromatic heterocycles. The van der Waals surface area contributed by atoms with Crippen LogP contribution in [-0.2, 0) is 17.8 Å². The SMILES string of the molecule is CN1NCc2c(N3CCOCC3)nc(NCc3ccccc3)nc21. The van der Waals surface area contributed by atoms with Crippen LogP contribution in [0.3, 0.4) is 0 Å². The summed E-state index contributed by atoms with van der Waals surface area (Å²) in [5.74, 6) is 2.62. The third-order valence-corrected chi connectivity index (χ3v) is 4.38. The number of aromatic nitrogens is 2. The van der Waals surface area contributed by atoms with E-state index in [0.717, 1.165) is 50.0 Å². The zero-order valence-corrected chi connectivity index (χ0v) is 13.8. The Hall–Kier alpha value is -2.38. The maximum atomic E-state index is 5.47. The third-order valence-electron chi connectivity index (χ3n) is 4.38. The maximum absolute atomic E-state index is 5.47. The molecular weight excluding hydrogens is 304 g/mol. The molecule has 0 radical (unpaired) electrons. The first-order valence-electron chi connectivity index (χ1n) is 8.30. The smallest absolute Gasteiger partial charge is 0.226 e. The number of hydrogen-bond donors (Lipinski definition) is 2. The molecule has 2 N–H and O–H groups in total. The zero-order chi connectivity index (χ0) is 16.4. The molecule has 24 heavy (non-hydrogen) atoms. The average molecular weight is 326 g/mol. The van der Waals surface area contributed by atoms with Gasteiger partial charge in [-0.05, 0) is 5.56 Å². The van der Waals surface area contributed by atoms with Crippen LogP contribution >= 0.6 is 0 Å². The lowest BCUT2D eigenvalue weighted by Gasteiger charge is -2.29. The minimum absolute atomic E-state index is 0.662. The maximum Gasteiger partial charge on any atom is 0.226 e. The fourth-order valence-corrected chi connectivity index (χ4v) is 3.06. The van der Waals surface area contributed by atoms with Crippen LogP contribution in [0.25, 0.3) is 0 Å². The number of nitrogens with one attached hydrogen (secondary N) is 2. The molecule has 1 fully saturated rings. The summed E-state index contributed by atoms with van der Waals surface area (Å²) >= 11 is 0. The molecule has 1 aromatic carbocycles. The Morgan fingerprint density at radius 1 is 1.12 bits per heavy atom. The number of fused-ring (bicyclic) bond motifs is 1. The summed E-state index contributed by atoms with van der Waals surface area (Å²) in [6.45, 7) is 4.69. The molecule has 2 aliphatic rings. The van der Waals surface area contributed by atoms with E-state index >= 15 is 0 Å². The second kappa shape index (κ2) is 6.62. The van der Waals surface area contributed by atoms with Gasteiger partial charge in [0, 0.05) is 33.2 Å². The molecule has 3 heterocycles. The third kappa shape index (κ3) is 3.00. The van der Waals surface area contributed by atoms with Gasteiger partial charge < -0.3 is 15.0 Å². The standard InChI is InChI=1S/C17H22N6O/c1-22-15-14(12-19-22)16(23-7-9-24-10-8-23)21-17(20-15)18-11-13-5-3-2-4-6-13/h2-6,19H,7-12H2,1H3,(H,18,20,21). The molecule has 7 nitrogen and oxygen atoms in total. The van der Waals surface area contributed by atoms with E-state index in [1.54, 1.807) is 0 Å². The van der Waals surface area contributed by atoms with Crippen LogP contribution in [0.2, 0.25) is 0 Å². The van der Waals surface area contributed by atoms with Crippen molar-refractivity contribution in [1.29, 1.82) is 0 Å². The number of nitrogens with zero attached hydrogens (tertiary/aromatic N) is 4. The first kappa shape index (κ1) is 15.2. The van der Waals surface area contributed by atoms with Gasteiger partial charge in [0.15, 0.2) is 5.82 Å². The number of hydrogen-bond acceptors (Lipinski definition) is 7.